The van der Waals surface area contributed by atoms with Crippen LogP contribution in [-0.2, 0) is 0 Å². The summed E-state index contributed by atoms with van der Waals surface area (Å²) in [6.45, 7) is 5.09. The molecule has 2 N–H and O–H groups in total. The Morgan fingerprint density at radius 2 is 2.29 bits per heavy atom. The van der Waals surface area contributed by atoms with Crippen molar-refractivity contribution < 1.29 is 5.11 Å². The summed E-state index contributed by atoms with van der Waals surface area (Å²) in [7, 11) is 0. The van der Waals surface area contributed by atoms with Crippen molar-refractivity contribution in [1.82, 2.24) is 10.3 Å². The van der Waals surface area contributed by atoms with Crippen LogP contribution < -0.4 is 5.32 Å². The Hall–Kier alpha value is -0.450. The van der Waals surface area contributed by atoms with Crippen LogP contribution in [0.15, 0.2) is 11.7 Å². The van der Waals surface area contributed by atoms with Crippen molar-refractivity contribution in [3.8, 4) is 0 Å². The molecule has 0 saturated heterocycles. The van der Waals surface area contributed by atoms with Gasteiger partial charge in [-0.25, -0.2) is 0 Å². The summed E-state index contributed by atoms with van der Waals surface area (Å²) in [4.78, 5) is 5.32. The molecule has 0 spiro atoms. The second-order valence-electron chi connectivity index (χ2n) is 5.41. The molecule has 2 rings (SSSR count). The number of thiazole rings is 1. The summed E-state index contributed by atoms with van der Waals surface area (Å²) in [6, 6.07) is 0.283. The summed E-state index contributed by atoms with van der Waals surface area (Å²) < 4.78 is 0. The first kappa shape index (κ1) is 13.0. The van der Waals surface area contributed by atoms with E-state index in [4.69, 9.17) is 0 Å². The van der Waals surface area contributed by atoms with Gasteiger partial charge in [0.25, 0.3) is 0 Å². The van der Waals surface area contributed by atoms with Gasteiger partial charge in [0.1, 0.15) is 0 Å². The Bertz CT molecular complexity index is 331. The molecule has 0 aromatic carbocycles. The molecule has 1 heterocycles. The van der Waals surface area contributed by atoms with Crippen LogP contribution in [0.5, 0.6) is 0 Å². The highest BCUT2D eigenvalue weighted by Gasteiger charge is 2.31. The Morgan fingerprint density at radius 1 is 1.59 bits per heavy atom. The molecule has 1 aromatic heterocycles. The molecule has 1 aliphatic carbocycles. The number of nitrogens with one attached hydrogen (secondary N) is 1. The minimum absolute atomic E-state index is 0.283. The van der Waals surface area contributed by atoms with E-state index in [-0.39, 0.29) is 6.04 Å². The third-order valence-electron chi connectivity index (χ3n) is 3.82. The van der Waals surface area contributed by atoms with E-state index in [1.165, 1.54) is 4.88 Å². The van der Waals surface area contributed by atoms with E-state index in [1.807, 2.05) is 11.7 Å². The number of hydrogen-bond donors (Lipinski definition) is 2. The smallest absolute Gasteiger partial charge is 0.0794 e. The molecule has 1 unspecified atom stereocenters. The molecular formula is C13H22N2OS. The normalized spacial score (nSPS) is 31.4. The standard InChI is InChI=1S/C13H22N2OS/c1-10-3-5-13(16,6-4-10)8-15-11(2)12-7-14-9-17-12/h7,9-11,15-16H,3-6,8H2,1-2H3. The van der Waals surface area contributed by atoms with E-state index >= 15 is 0 Å². The zero-order chi connectivity index (χ0) is 12.3. The minimum Gasteiger partial charge on any atom is -0.389 e. The van der Waals surface area contributed by atoms with Gasteiger partial charge in [0.15, 0.2) is 0 Å². The zero-order valence-corrected chi connectivity index (χ0v) is 11.5. The fourth-order valence-corrected chi connectivity index (χ4v) is 3.01. The van der Waals surface area contributed by atoms with Gasteiger partial charge in [-0.2, -0.15) is 0 Å². The molecule has 0 amide bonds. The van der Waals surface area contributed by atoms with Crippen molar-refractivity contribution in [1.29, 1.82) is 0 Å². The first-order chi connectivity index (χ1) is 8.09. The molecule has 1 saturated carbocycles. The first-order valence-corrected chi connectivity index (χ1v) is 7.31. The van der Waals surface area contributed by atoms with E-state index in [1.54, 1.807) is 11.3 Å². The van der Waals surface area contributed by atoms with Gasteiger partial charge < -0.3 is 10.4 Å². The van der Waals surface area contributed by atoms with Crippen molar-refractivity contribution in [2.75, 3.05) is 6.54 Å². The molecule has 4 heteroatoms. The second kappa shape index (κ2) is 5.46. The third-order valence-corrected chi connectivity index (χ3v) is 4.78. The average Bonchev–Trinajstić information content (AvgIpc) is 2.84. The van der Waals surface area contributed by atoms with Gasteiger partial charge in [-0.1, -0.05) is 6.92 Å². The van der Waals surface area contributed by atoms with Gasteiger partial charge in [-0.05, 0) is 38.5 Å². The fraction of sp³-hybridized carbons (Fsp3) is 0.769. The van der Waals surface area contributed by atoms with Gasteiger partial charge in [-0.15, -0.1) is 11.3 Å². The Morgan fingerprint density at radius 3 is 2.88 bits per heavy atom. The van der Waals surface area contributed by atoms with E-state index < -0.39 is 5.60 Å². The van der Waals surface area contributed by atoms with E-state index in [2.05, 4.69) is 24.1 Å². The largest absolute Gasteiger partial charge is 0.389 e. The lowest BCUT2D eigenvalue weighted by Crippen LogP contribution is -2.43. The molecule has 0 aliphatic heterocycles. The second-order valence-corrected chi connectivity index (χ2v) is 6.33. The van der Waals surface area contributed by atoms with Crippen LogP contribution in [-0.4, -0.2) is 22.2 Å². The van der Waals surface area contributed by atoms with Crippen LogP contribution in [0.4, 0.5) is 0 Å². The molecule has 96 valence electrons. The van der Waals surface area contributed by atoms with Crippen molar-refractivity contribution in [3.63, 3.8) is 0 Å². The van der Waals surface area contributed by atoms with E-state index in [0.717, 1.165) is 31.6 Å². The molecule has 1 fully saturated rings. The molecule has 17 heavy (non-hydrogen) atoms. The SMILES string of the molecule is CC1CCC(O)(CNC(C)c2cncs2)CC1. The predicted molar refractivity (Wildman–Crippen MR) is 71.1 cm³/mol. The summed E-state index contributed by atoms with van der Waals surface area (Å²) in [5.41, 5.74) is 1.36. The topological polar surface area (TPSA) is 45.1 Å². The number of aromatic nitrogens is 1. The lowest BCUT2D eigenvalue weighted by Gasteiger charge is -2.35. The summed E-state index contributed by atoms with van der Waals surface area (Å²) in [5, 5.41) is 13.9. The number of hydrogen-bond acceptors (Lipinski definition) is 4. The average molecular weight is 254 g/mol. The minimum atomic E-state index is -0.495. The summed E-state index contributed by atoms with van der Waals surface area (Å²) in [5.74, 6) is 0.772. The van der Waals surface area contributed by atoms with E-state index in [9.17, 15) is 5.11 Å². The molecule has 1 aliphatic rings. The van der Waals surface area contributed by atoms with E-state index in [0.29, 0.717) is 6.54 Å². The highest BCUT2D eigenvalue weighted by atomic mass is 32.1. The third kappa shape index (κ3) is 3.50. The fourth-order valence-electron chi connectivity index (χ4n) is 2.36. The highest BCUT2D eigenvalue weighted by molar-refractivity contribution is 7.09. The molecule has 1 aromatic rings. The summed E-state index contributed by atoms with van der Waals surface area (Å²) >= 11 is 1.66. The van der Waals surface area contributed by atoms with Crippen molar-refractivity contribution in [2.45, 2.75) is 51.2 Å². The van der Waals surface area contributed by atoms with Crippen LogP contribution in [0.3, 0.4) is 0 Å². The van der Waals surface area contributed by atoms with Crippen molar-refractivity contribution in [3.05, 3.63) is 16.6 Å². The lowest BCUT2D eigenvalue weighted by molar-refractivity contribution is -0.00777. The van der Waals surface area contributed by atoms with Crippen LogP contribution in [0.1, 0.15) is 50.4 Å². The van der Waals surface area contributed by atoms with Gasteiger partial charge >= 0.3 is 0 Å². The summed E-state index contributed by atoms with van der Waals surface area (Å²) in [6.07, 6.45) is 6.04. The highest BCUT2D eigenvalue weighted by Crippen LogP contribution is 2.31. The maximum Gasteiger partial charge on any atom is 0.0794 e. The Labute approximate surface area is 107 Å². The Balaban J connectivity index is 1.81. The maximum atomic E-state index is 10.5. The molecular weight excluding hydrogens is 232 g/mol. The number of nitrogens with zero attached hydrogens (tertiary/aromatic N) is 1. The quantitative estimate of drug-likeness (QED) is 0.868. The number of rotatable bonds is 4. The van der Waals surface area contributed by atoms with Crippen LogP contribution in [0.2, 0.25) is 0 Å². The van der Waals surface area contributed by atoms with Gasteiger partial charge in [0.2, 0.25) is 0 Å². The maximum absolute atomic E-state index is 10.5. The Kier molecular flexibility index (Phi) is 4.17. The monoisotopic (exact) mass is 254 g/mol. The van der Waals surface area contributed by atoms with Crippen LogP contribution in [0, 0.1) is 5.92 Å². The molecule has 3 nitrogen and oxygen atoms in total. The molecule has 0 radical (unpaired) electrons. The first-order valence-electron chi connectivity index (χ1n) is 6.43. The molecule has 0 bridgehead atoms. The molecule has 1 atom stereocenters. The number of aliphatic hydroxyl groups is 1. The zero-order valence-electron chi connectivity index (χ0n) is 10.6. The van der Waals surface area contributed by atoms with Crippen molar-refractivity contribution in [2.24, 2.45) is 5.92 Å². The predicted octanol–water partition coefficient (Wildman–Crippen LogP) is 2.73. The van der Waals surface area contributed by atoms with Crippen molar-refractivity contribution >= 4 is 11.3 Å². The van der Waals surface area contributed by atoms with Gasteiger partial charge in [0, 0.05) is 23.7 Å². The lowest BCUT2D eigenvalue weighted by atomic mass is 9.79. The van der Waals surface area contributed by atoms with Gasteiger partial charge in [-0.3, -0.25) is 4.98 Å². The van der Waals surface area contributed by atoms with Gasteiger partial charge in [0.05, 0.1) is 11.1 Å². The van der Waals surface area contributed by atoms with Crippen LogP contribution in [0.25, 0.3) is 0 Å². The van der Waals surface area contributed by atoms with Crippen LogP contribution >= 0.6 is 11.3 Å².